The summed E-state index contributed by atoms with van der Waals surface area (Å²) in [5, 5.41) is 5.23. The minimum atomic E-state index is -3.87. The number of carbonyl (C=O) groups excluding carboxylic acids is 2. The highest BCUT2D eigenvalue weighted by molar-refractivity contribution is 7.89. The topological polar surface area (TPSA) is 83.6 Å². The molecule has 0 aromatic heterocycles. The van der Waals surface area contributed by atoms with E-state index < -0.39 is 16.1 Å². The molecule has 1 amide bonds. The fraction of sp³-hybridized carbons (Fsp3) is 0.308. The zero-order chi connectivity index (χ0) is 23.6. The minimum absolute atomic E-state index is 0.0924. The van der Waals surface area contributed by atoms with Crippen LogP contribution in [0.1, 0.15) is 55.1 Å². The molecule has 3 aromatic carbocycles. The number of benzene rings is 3. The molecule has 3 aromatic rings. The molecular weight excluding hydrogens is 436 g/mol. The Morgan fingerprint density at radius 2 is 1.67 bits per heavy atom. The highest BCUT2D eigenvalue weighted by Crippen LogP contribution is 2.27. The molecular formula is C26H28N2O4S. The maximum absolute atomic E-state index is 13.3. The Hall–Kier alpha value is -3.03. The minimum Gasteiger partial charge on any atom is -0.348 e. The molecule has 2 atom stereocenters. The number of nitrogens with one attached hydrogen (secondary N) is 1. The van der Waals surface area contributed by atoms with Crippen molar-refractivity contribution in [1.82, 2.24) is 9.62 Å². The summed E-state index contributed by atoms with van der Waals surface area (Å²) in [6, 6.07) is 19.0. The number of amides is 1. The number of hydrogen-bond acceptors (Lipinski definition) is 4. The number of piperidine rings is 1. The molecule has 7 heteroatoms. The van der Waals surface area contributed by atoms with Gasteiger partial charge in [0.1, 0.15) is 6.04 Å². The second-order valence-electron chi connectivity index (χ2n) is 8.54. The maximum Gasteiger partial charge on any atom is 0.243 e. The van der Waals surface area contributed by atoms with Gasteiger partial charge in [0.2, 0.25) is 15.9 Å². The van der Waals surface area contributed by atoms with E-state index in [9.17, 15) is 18.0 Å². The van der Waals surface area contributed by atoms with Crippen LogP contribution in [0.4, 0.5) is 0 Å². The Bertz CT molecular complexity index is 1290. The van der Waals surface area contributed by atoms with Crippen LogP contribution in [0.3, 0.4) is 0 Å². The van der Waals surface area contributed by atoms with E-state index in [1.165, 1.54) is 35.5 Å². The van der Waals surface area contributed by atoms with Crippen LogP contribution in [0.2, 0.25) is 0 Å². The van der Waals surface area contributed by atoms with Gasteiger partial charge in [-0.05, 0) is 61.2 Å². The molecule has 0 radical (unpaired) electrons. The average molecular weight is 465 g/mol. The number of carbonyl (C=O) groups is 2. The SMILES string of the molecule is CC(=O)c1ccc(S(=O)(=O)N2CCCCC2C(=O)NC(C)c2ccc3ccccc3c2)cc1. The first-order valence-corrected chi connectivity index (χ1v) is 12.6. The second kappa shape index (κ2) is 9.45. The normalized spacial score (nSPS) is 18.1. The van der Waals surface area contributed by atoms with Crippen molar-refractivity contribution in [3.05, 3.63) is 77.9 Å². The van der Waals surface area contributed by atoms with E-state index in [4.69, 9.17) is 0 Å². The predicted octanol–water partition coefficient (Wildman–Crippen LogP) is 4.46. The standard InChI is InChI=1S/C26H28N2O4S/c1-18(22-11-10-21-7-3-4-8-23(21)17-22)27-26(30)25-9-5-6-16-28(25)33(31,32)24-14-12-20(13-15-24)19(2)29/h3-4,7-8,10-15,17-18,25H,5-6,9,16H2,1-2H3,(H,27,30). The van der Waals surface area contributed by atoms with Crippen LogP contribution in [0.25, 0.3) is 10.8 Å². The van der Waals surface area contributed by atoms with Crippen LogP contribution in [-0.2, 0) is 14.8 Å². The average Bonchev–Trinajstić information content (AvgIpc) is 2.83. The number of fused-ring (bicyclic) bond motifs is 1. The monoisotopic (exact) mass is 464 g/mol. The summed E-state index contributed by atoms with van der Waals surface area (Å²) in [5.74, 6) is -0.420. The van der Waals surface area contributed by atoms with Crippen LogP contribution in [0, 0.1) is 0 Å². The van der Waals surface area contributed by atoms with Crippen molar-refractivity contribution < 1.29 is 18.0 Å². The largest absolute Gasteiger partial charge is 0.348 e. The van der Waals surface area contributed by atoms with E-state index in [0.29, 0.717) is 24.9 Å². The third-order valence-corrected chi connectivity index (χ3v) is 8.18. The molecule has 1 heterocycles. The van der Waals surface area contributed by atoms with E-state index in [-0.39, 0.29) is 22.6 Å². The van der Waals surface area contributed by atoms with E-state index in [1.54, 1.807) is 0 Å². The number of hydrogen-bond donors (Lipinski definition) is 1. The van der Waals surface area contributed by atoms with E-state index in [2.05, 4.69) is 5.32 Å². The van der Waals surface area contributed by atoms with Crippen LogP contribution in [0.5, 0.6) is 0 Å². The van der Waals surface area contributed by atoms with E-state index in [1.807, 2.05) is 49.4 Å². The van der Waals surface area contributed by atoms with Crippen molar-refractivity contribution in [2.75, 3.05) is 6.54 Å². The van der Waals surface area contributed by atoms with Crippen LogP contribution in [0.15, 0.2) is 71.6 Å². The van der Waals surface area contributed by atoms with Crippen molar-refractivity contribution in [1.29, 1.82) is 0 Å². The van der Waals surface area contributed by atoms with Gasteiger partial charge in [-0.2, -0.15) is 4.31 Å². The number of rotatable bonds is 6. The molecule has 0 aliphatic carbocycles. The Labute approximate surface area is 194 Å². The summed E-state index contributed by atoms with van der Waals surface area (Å²) in [5.41, 5.74) is 1.41. The van der Waals surface area contributed by atoms with E-state index >= 15 is 0 Å². The molecule has 1 aliphatic heterocycles. The van der Waals surface area contributed by atoms with Crippen molar-refractivity contribution in [3.8, 4) is 0 Å². The Morgan fingerprint density at radius 1 is 0.970 bits per heavy atom. The van der Waals surface area contributed by atoms with Crippen LogP contribution >= 0.6 is 0 Å². The van der Waals surface area contributed by atoms with Gasteiger partial charge in [0.15, 0.2) is 5.78 Å². The smallest absolute Gasteiger partial charge is 0.243 e. The maximum atomic E-state index is 13.3. The molecule has 1 aliphatic rings. The summed E-state index contributed by atoms with van der Waals surface area (Å²) in [7, 11) is -3.87. The number of nitrogens with zero attached hydrogens (tertiary/aromatic N) is 1. The van der Waals surface area contributed by atoms with Gasteiger partial charge in [-0.3, -0.25) is 9.59 Å². The lowest BCUT2D eigenvalue weighted by Crippen LogP contribution is -2.52. The first kappa shape index (κ1) is 23.1. The van der Waals surface area contributed by atoms with Gasteiger partial charge in [0, 0.05) is 12.1 Å². The Balaban J connectivity index is 1.54. The molecule has 172 valence electrons. The van der Waals surface area contributed by atoms with Gasteiger partial charge in [0.05, 0.1) is 10.9 Å². The number of Topliss-reactive ketones (excluding diaryl/α,β-unsaturated/α-hetero) is 1. The highest BCUT2D eigenvalue weighted by Gasteiger charge is 2.38. The molecule has 2 unspecified atom stereocenters. The third-order valence-electron chi connectivity index (χ3n) is 6.26. The molecule has 0 saturated carbocycles. The van der Waals surface area contributed by atoms with Gasteiger partial charge in [0.25, 0.3) is 0 Å². The summed E-state index contributed by atoms with van der Waals surface area (Å²) < 4.78 is 28.0. The number of sulfonamides is 1. The molecule has 33 heavy (non-hydrogen) atoms. The zero-order valence-electron chi connectivity index (χ0n) is 18.8. The molecule has 0 bridgehead atoms. The fourth-order valence-electron chi connectivity index (χ4n) is 4.32. The summed E-state index contributed by atoms with van der Waals surface area (Å²) >= 11 is 0. The lowest BCUT2D eigenvalue weighted by atomic mass is 10.0. The molecule has 4 rings (SSSR count). The van der Waals surface area contributed by atoms with Gasteiger partial charge in [-0.1, -0.05) is 55.0 Å². The zero-order valence-corrected chi connectivity index (χ0v) is 19.6. The first-order valence-electron chi connectivity index (χ1n) is 11.2. The highest BCUT2D eigenvalue weighted by atomic mass is 32.2. The molecule has 1 saturated heterocycles. The predicted molar refractivity (Wildman–Crippen MR) is 128 cm³/mol. The van der Waals surface area contributed by atoms with Crippen molar-refractivity contribution >= 4 is 32.5 Å². The van der Waals surface area contributed by atoms with Gasteiger partial charge in [-0.25, -0.2) is 8.42 Å². The summed E-state index contributed by atoms with van der Waals surface area (Å²) in [6.07, 6.45) is 1.97. The number of ketones is 1. The van der Waals surface area contributed by atoms with E-state index in [0.717, 1.165) is 22.8 Å². The quantitative estimate of drug-likeness (QED) is 0.546. The Morgan fingerprint density at radius 3 is 2.36 bits per heavy atom. The Kier molecular flexibility index (Phi) is 6.63. The molecule has 0 spiro atoms. The summed E-state index contributed by atoms with van der Waals surface area (Å²) in [6.45, 7) is 3.63. The fourth-order valence-corrected chi connectivity index (χ4v) is 5.98. The van der Waals surface area contributed by atoms with Crippen molar-refractivity contribution in [2.45, 2.75) is 50.1 Å². The van der Waals surface area contributed by atoms with Crippen LogP contribution in [-0.4, -0.2) is 37.0 Å². The van der Waals surface area contributed by atoms with Crippen molar-refractivity contribution in [2.24, 2.45) is 0 Å². The lowest BCUT2D eigenvalue weighted by molar-refractivity contribution is -0.126. The lowest BCUT2D eigenvalue weighted by Gasteiger charge is -2.34. The van der Waals surface area contributed by atoms with Gasteiger partial charge < -0.3 is 5.32 Å². The van der Waals surface area contributed by atoms with Gasteiger partial charge >= 0.3 is 0 Å². The van der Waals surface area contributed by atoms with Gasteiger partial charge in [-0.15, -0.1) is 0 Å². The summed E-state index contributed by atoms with van der Waals surface area (Å²) in [4.78, 5) is 24.8. The molecule has 1 fully saturated rings. The molecule has 1 N–H and O–H groups in total. The first-order chi connectivity index (χ1) is 15.8. The van der Waals surface area contributed by atoms with Crippen LogP contribution < -0.4 is 5.32 Å². The second-order valence-corrected chi connectivity index (χ2v) is 10.4. The third kappa shape index (κ3) is 4.84. The van der Waals surface area contributed by atoms with Crippen molar-refractivity contribution in [3.63, 3.8) is 0 Å². The molecule has 6 nitrogen and oxygen atoms in total.